The van der Waals surface area contributed by atoms with E-state index in [1.807, 2.05) is 0 Å². The predicted molar refractivity (Wildman–Crippen MR) is 65.0 cm³/mol. The van der Waals surface area contributed by atoms with Crippen LogP contribution in [0.3, 0.4) is 0 Å². The van der Waals surface area contributed by atoms with Crippen LogP contribution in [0.5, 0.6) is 0 Å². The summed E-state index contributed by atoms with van der Waals surface area (Å²) in [7, 11) is 0. The number of benzene rings is 1. The predicted octanol–water partition coefficient (Wildman–Crippen LogP) is 1.28. The minimum atomic E-state index is -5.26. The SMILES string of the molecule is CC(=O)N[C@]1(C(F)(F)F)NC(=O)N(c2ccc(F)cc2)C1=O. The highest BCUT2D eigenvalue weighted by Gasteiger charge is 2.68. The van der Waals surface area contributed by atoms with E-state index in [1.165, 1.54) is 10.6 Å². The van der Waals surface area contributed by atoms with E-state index in [9.17, 15) is 31.9 Å². The molecule has 118 valence electrons. The van der Waals surface area contributed by atoms with Crippen LogP contribution < -0.4 is 15.5 Å². The molecule has 1 aliphatic rings. The lowest BCUT2D eigenvalue weighted by atomic mass is 10.1. The molecule has 0 aromatic heterocycles. The van der Waals surface area contributed by atoms with Crippen LogP contribution in [-0.2, 0) is 9.59 Å². The summed E-state index contributed by atoms with van der Waals surface area (Å²) in [6.45, 7) is 0.771. The zero-order valence-corrected chi connectivity index (χ0v) is 11.0. The van der Waals surface area contributed by atoms with Crippen molar-refractivity contribution >= 4 is 23.5 Å². The maximum atomic E-state index is 13.2. The van der Waals surface area contributed by atoms with Gasteiger partial charge in [-0.25, -0.2) is 14.1 Å². The van der Waals surface area contributed by atoms with E-state index in [0.29, 0.717) is 0 Å². The molecule has 0 bridgehead atoms. The van der Waals surface area contributed by atoms with Crippen LogP contribution in [0.2, 0.25) is 0 Å². The van der Waals surface area contributed by atoms with Gasteiger partial charge in [0.1, 0.15) is 5.82 Å². The number of nitrogens with zero attached hydrogens (tertiary/aromatic N) is 1. The molecule has 6 nitrogen and oxygen atoms in total. The maximum absolute atomic E-state index is 13.2. The van der Waals surface area contributed by atoms with Crippen molar-refractivity contribution in [2.24, 2.45) is 0 Å². The topological polar surface area (TPSA) is 78.5 Å². The van der Waals surface area contributed by atoms with Gasteiger partial charge in [0.2, 0.25) is 5.91 Å². The number of urea groups is 1. The third-order valence-electron chi connectivity index (χ3n) is 2.89. The normalized spacial score (nSPS) is 21.8. The fourth-order valence-electron chi connectivity index (χ4n) is 1.97. The second-order valence-corrected chi connectivity index (χ2v) is 4.48. The molecule has 1 heterocycles. The van der Waals surface area contributed by atoms with Crippen LogP contribution in [-0.4, -0.2) is 29.7 Å². The Hall–Kier alpha value is -2.65. The monoisotopic (exact) mass is 319 g/mol. The Morgan fingerprint density at radius 3 is 2.23 bits per heavy atom. The van der Waals surface area contributed by atoms with E-state index in [0.717, 1.165) is 31.2 Å². The van der Waals surface area contributed by atoms with E-state index in [1.54, 1.807) is 0 Å². The first kappa shape index (κ1) is 15.7. The highest BCUT2D eigenvalue weighted by atomic mass is 19.4. The van der Waals surface area contributed by atoms with Gasteiger partial charge < -0.3 is 5.32 Å². The molecule has 22 heavy (non-hydrogen) atoms. The first-order chi connectivity index (χ1) is 10.1. The number of hydrogen-bond acceptors (Lipinski definition) is 3. The van der Waals surface area contributed by atoms with Gasteiger partial charge in [-0.05, 0) is 24.3 Å². The molecular weight excluding hydrogens is 310 g/mol. The van der Waals surface area contributed by atoms with Crippen molar-refractivity contribution in [3.05, 3.63) is 30.1 Å². The lowest BCUT2D eigenvalue weighted by molar-refractivity contribution is -0.201. The van der Waals surface area contributed by atoms with Crippen molar-refractivity contribution in [2.45, 2.75) is 18.8 Å². The van der Waals surface area contributed by atoms with Crippen LogP contribution in [0, 0.1) is 5.82 Å². The summed E-state index contributed by atoms with van der Waals surface area (Å²) in [5, 5.41) is 2.86. The fraction of sp³-hybridized carbons (Fsp3) is 0.250. The number of amides is 4. The third kappa shape index (κ3) is 2.36. The minimum Gasteiger partial charge on any atom is -0.318 e. The number of carbonyl (C=O) groups is 3. The maximum Gasteiger partial charge on any atom is 0.440 e. The zero-order valence-electron chi connectivity index (χ0n) is 11.0. The number of carbonyl (C=O) groups excluding carboxylic acids is 3. The number of alkyl halides is 3. The van der Waals surface area contributed by atoms with Crippen LogP contribution >= 0.6 is 0 Å². The first-order valence-corrected chi connectivity index (χ1v) is 5.86. The molecule has 0 unspecified atom stereocenters. The summed E-state index contributed by atoms with van der Waals surface area (Å²) < 4.78 is 52.5. The molecule has 1 fully saturated rings. The number of rotatable bonds is 2. The van der Waals surface area contributed by atoms with Gasteiger partial charge in [0.15, 0.2) is 0 Å². The number of nitrogens with one attached hydrogen (secondary N) is 2. The molecule has 1 aliphatic heterocycles. The van der Waals surface area contributed by atoms with Gasteiger partial charge in [-0.1, -0.05) is 0 Å². The highest BCUT2D eigenvalue weighted by molar-refractivity contribution is 6.24. The Kier molecular flexibility index (Phi) is 3.55. The average molecular weight is 319 g/mol. The van der Waals surface area contributed by atoms with Gasteiger partial charge >= 0.3 is 12.2 Å². The van der Waals surface area contributed by atoms with Gasteiger partial charge in [-0.2, -0.15) is 13.2 Å². The minimum absolute atomic E-state index is 0.183. The molecule has 1 atom stereocenters. The van der Waals surface area contributed by atoms with E-state index in [2.05, 4.69) is 0 Å². The van der Waals surface area contributed by atoms with Crippen LogP contribution in [0.15, 0.2) is 24.3 Å². The second kappa shape index (κ2) is 4.97. The largest absolute Gasteiger partial charge is 0.440 e. The molecule has 4 amide bonds. The smallest absolute Gasteiger partial charge is 0.318 e. The average Bonchev–Trinajstić information content (AvgIpc) is 2.62. The van der Waals surface area contributed by atoms with Crippen LogP contribution in [0.25, 0.3) is 0 Å². The lowest BCUT2D eigenvalue weighted by Crippen LogP contribution is -2.69. The molecule has 1 aromatic rings. The molecule has 0 aliphatic carbocycles. The van der Waals surface area contributed by atoms with Crippen molar-refractivity contribution in [1.82, 2.24) is 10.6 Å². The lowest BCUT2D eigenvalue weighted by Gasteiger charge is -2.29. The third-order valence-corrected chi connectivity index (χ3v) is 2.89. The number of hydrogen-bond donors (Lipinski definition) is 2. The van der Waals surface area contributed by atoms with Crippen molar-refractivity contribution < 1.29 is 31.9 Å². The Morgan fingerprint density at radius 2 is 1.77 bits per heavy atom. The first-order valence-electron chi connectivity index (χ1n) is 5.86. The Morgan fingerprint density at radius 1 is 1.23 bits per heavy atom. The quantitative estimate of drug-likeness (QED) is 0.637. The summed E-state index contributed by atoms with van der Waals surface area (Å²) in [6, 6.07) is 2.30. The van der Waals surface area contributed by atoms with Crippen LogP contribution in [0.1, 0.15) is 6.92 Å². The molecule has 1 saturated heterocycles. The van der Waals surface area contributed by atoms with Crippen molar-refractivity contribution in [1.29, 1.82) is 0 Å². The fourth-order valence-corrected chi connectivity index (χ4v) is 1.97. The van der Waals surface area contributed by atoms with Crippen molar-refractivity contribution in [3.8, 4) is 0 Å². The van der Waals surface area contributed by atoms with Crippen LogP contribution in [0.4, 0.5) is 28.0 Å². The van der Waals surface area contributed by atoms with Gasteiger partial charge in [0.05, 0.1) is 5.69 Å². The summed E-state index contributed by atoms with van der Waals surface area (Å²) >= 11 is 0. The Bertz CT molecular complexity index is 644. The van der Waals surface area contributed by atoms with E-state index < -0.39 is 35.5 Å². The Balaban J connectivity index is 2.49. The number of imide groups is 1. The highest BCUT2D eigenvalue weighted by Crippen LogP contribution is 2.35. The number of anilines is 1. The van der Waals surface area contributed by atoms with E-state index in [-0.39, 0.29) is 10.6 Å². The van der Waals surface area contributed by atoms with Gasteiger partial charge in [0.25, 0.3) is 11.6 Å². The standard InChI is InChI=1S/C12H9F4N3O3/c1-6(20)17-11(12(14,15)16)9(21)19(10(22)18-11)8-4-2-7(13)3-5-8/h2-5H,1H3,(H,17,20)(H,18,22)/t11-/m0/s1. The molecule has 0 radical (unpaired) electrons. The Labute approximate surface area is 121 Å². The number of halogens is 4. The molecule has 10 heteroatoms. The molecular formula is C12H9F4N3O3. The van der Waals surface area contributed by atoms with Gasteiger partial charge in [-0.15, -0.1) is 0 Å². The van der Waals surface area contributed by atoms with Crippen molar-refractivity contribution in [3.63, 3.8) is 0 Å². The van der Waals surface area contributed by atoms with Crippen molar-refractivity contribution in [2.75, 3.05) is 4.90 Å². The van der Waals surface area contributed by atoms with E-state index >= 15 is 0 Å². The molecule has 0 spiro atoms. The molecule has 2 N–H and O–H groups in total. The molecule has 0 saturated carbocycles. The zero-order chi connectivity index (χ0) is 16.7. The molecule has 2 rings (SSSR count). The second-order valence-electron chi connectivity index (χ2n) is 4.48. The van der Waals surface area contributed by atoms with Gasteiger partial charge in [-0.3, -0.25) is 14.9 Å². The summed E-state index contributed by atoms with van der Waals surface area (Å²) in [4.78, 5) is 35.1. The van der Waals surface area contributed by atoms with Gasteiger partial charge in [0, 0.05) is 6.92 Å². The van der Waals surface area contributed by atoms with E-state index in [4.69, 9.17) is 0 Å². The summed E-state index contributed by atoms with van der Waals surface area (Å²) in [6.07, 6.45) is -5.26. The summed E-state index contributed by atoms with van der Waals surface area (Å²) in [5.74, 6) is -3.58. The molecule has 1 aromatic carbocycles. The summed E-state index contributed by atoms with van der Waals surface area (Å²) in [5.41, 5.74) is -3.81.